The first-order valence-corrected chi connectivity index (χ1v) is 6.73. The molecule has 1 aromatic carbocycles. The Balaban J connectivity index is 2.62. The molecule has 0 unspecified atom stereocenters. The Hall–Kier alpha value is -1.82. The predicted molar refractivity (Wildman–Crippen MR) is 77.0 cm³/mol. The van der Waals surface area contributed by atoms with Gasteiger partial charge in [0.05, 0.1) is 0 Å². The van der Waals surface area contributed by atoms with Crippen molar-refractivity contribution in [1.29, 1.82) is 0 Å². The minimum atomic E-state index is -1.20. The summed E-state index contributed by atoms with van der Waals surface area (Å²) in [4.78, 5) is 10.8. The van der Waals surface area contributed by atoms with Gasteiger partial charge in [0.25, 0.3) is 0 Å². The molecule has 5 nitrogen and oxygen atoms in total. The average Bonchev–Trinajstić information content (AvgIpc) is 2.79. The van der Waals surface area contributed by atoms with Gasteiger partial charge in [-0.2, -0.15) is 0 Å². The zero-order valence-corrected chi connectivity index (χ0v) is 12.9. The number of hydrogen-bond acceptors (Lipinski definition) is 4. The third kappa shape index (κ3) is 2.70. The van der Waals surface area contributed by atoms with Gasteiger partial charge in [0.15, 0.2) is 0 Å². The Bertz CT molecular complexity index is 670. The third-order valence-corrected chi connectivity index (χ3v) is 3.34. The van der Waals surface area contributed by atoms with Crippen LogP contribution in [0.2, 0.25) is 0 Å². The van der Waals surface area contributed by atoms with E-state index in [0.29, 0.717) is 5.56 Å². The van der Waals surface area contributed by atoms with Crippen LogP contribution >= 0.6 is 15.9 Å². The summed E-state index contributed by atoms with van der Waals surface area (Å²) in [6.45, 7) is 5.93. The number of nitrogens with zero attached hydrogens (tertiary/aromatic N) is 1. The lowest BCUT2D eigenvalue weighted by Crippen LogP contribution is -2.11. The number of phenolic OH excluding ortho intramolecular Hbond substituents is 1. The molecule has 2 N–H and O–H groups in total. The van der Waals surface area contributed by atoms with Crippen molar-refractivity contribution < 1.29 is 19.5 Å². The maximum absolute atomic E-state index is 10.8. The first-order chi connectivity index (χ1) is 9.20. The standard InChI is InChI=1S/C14H14BrNO4/c1-14(2,3)9-5-7(15)4-8(12(9)17)10-6-11(13(18)19)20-16-10/h4-6,17H,1-3H3,(H,18,19). The lowest BCUT2D eigenvalue weighted by molar-refractivity contribution is 0.0652. The summed E-state index contributed by atoms with van der Waals surface area (Å²) in [7, 11) is 0. The van der Waals surface area contributed by atoms with Gasteiger partial charge in [-0.05, 0) is 17.5 Å². The monoisotopic (exact) mass is 339 g/mol. The van der Waals surface area contributed by atoms with Gasteiger partial charge in [-0.3, -0.25) is 0 Å². The predicted octanol–water partition coefficient (Wildman–Crippen LogP) is 3.81. The molecule has 6 heteroatoms. The van der Waals surface area contributed by atoms with E-state index in [-0.39, 0.29) is 22.6 Å². The molecule has 0 fully saturated rings. The highest BCUT2D eigenvalue weighted by Crippen LogP contribution is 2.40. The van der Waals surface area contributed by atoms with E-state index in [0.717, 1.165) is 10.0 Å². The molecule has 0 amide bonds. The van der Waals surface area contributed by atoms with Gasteiger partial charge in [0, 0.05) is 21.7 Å². The van der Waals surface area contributed by atoms with Crippen LogP contribution in [0.5, 0.6) is 5.75 Å². The fourth-order valence-corrected chi connectivity index (χ4v) is 2.33. The molecular formula is C14H14BrNO4. The van der Waals surface area contributed by atoms with Gasteiger partial charge in [0.2, 0.25) is 5.76 Å². The molecule has 20 heavy (non-hydrogen) atoms. The van der Waals surface area contributed by atoms with E-state index in [1.54, 1.807) is 6.07 Å². The van der Waals surface area contributed by atoms with E-state index >= 15 is 0 Å². The molecule has 1 heterocycles. The van der Waals surface area contributed by atoms with Crippen LogP contribution in [0.1, 0.15) is 36.9 Å². The number of aromatic hydroxyl groups is 1. The Kier molecular flexibility index (Phi) is 3.60. The van der Waals surface area contributed by atoms with Gasteiger partial charge < -0.3 is 14.7 Å². The van der Waals surface area contributed by atoms with E-state index in [9.17, 15) is 9.90 Å². The van der Waals surface area contributed by atoms with Crippen molar-refractivity contribution in [3.63, 3.8) is 0 Å². The van der Waals surface area contributed by atoms with E-state index in [4.69, 9.17) is 9.63 Å². The third-order valence-electron chi connectivity index (χ3n) is 2.88. The number of halogens is 1. The number of hydrogen-bond donors (Lipinski definition) is 2. The lowest BCUT2D eigenvalue weighted by Gasteiger charge is -2.22. The van der Waals surface area contributed by atoms with Crippen molar-refractivity contribution in [3.8, 4) is 17.0 Å². The molecule has 0 saturated carbocycles. The first-order valence-electron chi connectivity index (χ1n) is 5.93. The van der Waals surface area contributed by atoms with Crippen LogP contribution < -0.4 is 0 Å². The smallest absolute Gasteiger partial charge is 0.374 e. The van der Waals surface area contributed by atoms with Crippen LogP contribution in [0.15, 0.2) is 27.2 Å². The van der Waals surface area contributed by atoms with Crippen molar-refractivity contribution in [3.05, 3.63) is 34.0 Å². The van der Waals surface area contributed by atoms with Crippen LogP contribution in [0.4, 0.5) is 0 Å². The topological polar surface area (TPSA) is 83.6 Å². The number of rotatable bonds is 2. The Morgan fingerprint density at radius 3 is 2.45 bits per heavy atom. The molecule has 0 aliphatic heterocycles. The molecule has 2 rings (SSSR count). The highest BCUT2D eigenvalue weighted by Gasteiger charge is 2.23. The first kappa shape index (κ1) is 14.6. The molecule has 0 bridgehead atoms. The molecule has 0 radical (unpaired) electrons. The van der Waals surface area contributed by atoms with Gasteiger partial charge in [0.1, 0.15) is 11.4 Å². The van der Waals surface area contributed by atoms with E-state index < -0.39 is 5.97 Å². The maximum Gasteiger partial charge on any atom is 0.374 e. The second-order valence-electron chi connectivity index (χ2n) is 5.48. The second-order valence-corrected chi connectivity index (χ2v) is 6.40. The van der Waals surface area contributed by atoms with Crippen LogP contribution in [0.3, 0.4) is 0 Å². The normalized spacial score (nSPS) is 11.6. The number of phenols is 1. The van der Waals surface area contributed by atoms with Crippen LogP contribution in [0.25, 0.3) is 11.3 Å². The van der Waals surface area contributed by atoms with Crippen LogP contribution in [-0.2, 0) is 5.41 Å². The molecule has 0 aliphatic rings. The Morgan fingerprint density at radius 2 is 1.95 bits per heavy atom. The molecule has 0 saturated heterocycles. The molecule has 1 aromatic heterocycles. The quantitative estimate of drug-likeness (QED) is 0.869. The number of carboxylic acid groups (broad SMARTS) is 1. The van der Waals surface area contributed by atoms with Gasteiger partial charge in [-0.15, -0.1) is 0 Å². The summed E-state index contributed by atoms with van der Waals surface area (Å²) in [5.41, 5.74) is 1.19. The van der Waals surface area contributed by atoms with Crippen molar-refractivity contribution in [2.75, 3.05) is 0 Å². The van der Waals surface area contributed by atoms with E-state index in [1.165, 1.54) is 6.07 Å². The molecule has 0 spiro atoms. The maximum atomic E-state index is 10.8. The minimum Gasteiger partial charge on any atom is -0.507 e. The van der Waals surface area contributed by atoms with Crippen molar-refractivity contribution in [1.82, 2.24) is 5.16 Å². The van der Waals surface area contributed by atoms with Crippen molar-refractivity contribution >= 4 is 21.9 Å². The van der Waals surface area contributed by atoms with E-state index in [2.05, 4.69) is 21.1 Å². The Labute approximate surface area is 124 Å². The second kappa shape index (κ2) is 4.94. The van der Waals surface area contributed by atoms with Crippen molar-refractivity contribution in [2.24, 2.45) is 0 Å². The fraction of sp³-hybridized carbons (Fsp3) is 0.286. The summed E-state index contributed by atoms with van der Waals surface area (Å²) in [5.74, 6) is -1.39. The summed E-state index contributed by atoms with van der Waals surface area (Å²) >= 11 is 3.39. The zero-order chi connectivity index (χ0) is 15.1. The summed E-state index contributed by atoms with van der Waals surface area (Å²) < 4.78 is 5.50. The average molecular weight is 340 g/mol. The summed E-state index contributed by atoms with van der Waals surface area (Å²) in [5, 5.41) is 22.9. The fourth-order valence-electron chi connectivity index (χ4n) is 1.87. The number of aromatic carboxylic acids is 1. The van der Waals surface area contributed by atoms with Gasteiger partial charge >= 0.3 is 5.97 Å². The minimum absolute atomic E-state index is 0.0749. The summed E-state index contributed by atoms with van der Waals surface area (Å²) in [6, 6.07) is 4.79. The summed E-state index contributed by atoms with van der Waals surface area (Å²) in [6.07, 6.45) is 0. The van der Waals surface area contributed by atoms with E-state index in [1.807, 2.05) is 26.8 Å². The highest BCUT2D eigenvalue weighted by molar-refractivity contribution is 9.10. The van der Waals surface area contributed by atoms with Crippen molar-refractivity contribution in [2.45, 2.75) is 26.2 Å². The SMILES string of the molecule is CC(C)(C)c1cc(Br)cc(-c2cc(C(=O)O)on2)c1O. The van der Waals surface area contributed by atoms with Crippen LogP contribution in [0, 0.1) is 0 Å². The largest absolute Gasteiger partial charge is 0.507 e. The van der Waals surface area contributed by atoms with Gasteiger partial charge in [-0.25, -0.2) is 4.79 Å². The number of carbonyl (C=O) groups is 1. The number of benzene rings is 1. The zero-order valence-electron chi connectivity index (χ0n) is 11.3. The number of carboxylic acids is 1. The molecule has 106 valence electrons. The Morgan fingerprint density at radius 1 is 1.30 bits per heavy atom. The van der Waals surface area contributed by atoms with Gasteiger partial charge in [-0.1, -0.05) is 41.9 Å². The molecule has 2 aromatic rings. The lowest BCUT2D eigenvalue weighted by atomic mass is 9.85. The molecular weight excluding hydrogens is 326 g/mol. The number of aromatic nitrogens is 1. The van der Waals surface area contributed by atoms with Crippen LogP contribution in [-0.4, -0.2) is 21.3 Å². The highest BCUT2D eigenvalue weighted by atomic mass is 79.9. The molecule has 0 aliphatic carbocycles. The molecule has 0 atom stereocenters.